The van der Waals surface area contributed by atoms with E-state index in [0.717, 1.165) is 11.4 Å². The van der Waals surface area contributed by atoms with E-state index in [1.54, 1.807) is 11.4 Å². The summed E-state index contributed by atoms with van der Waals surface area (Å²) in [5.74, 6) is 1.02. The van der Waals surface area contributed by atoms with Gasteiger partial charge in [-0.15, -0.1) is 0 Å². The van der Waals surface area contributed by atoms with Gasteiger partial charge in [-0.3, -0.25) is 9.89 Å². The summed E-state index contributed by atoms with van der Waals surface area (Å²) < 4.78 is 1.69. The highest BCUT2D eigenvalue weighted by Gasteiger charge is 2.22. The lowest BCUT2D eigenvalue weighted by Gasteiger charge is -2.10. The van der Waals surface area contributed by atoms with Crippen molar-refractivity contribution in [2.24, 2.45) is 0 Å². The Morgan fingerprint density at radius 2 is 2.00 bits per heavy atom. The van der Waals surface area contributed by atoms with Gasteiger partial charge in [0.2, 0.25) is 0 Å². The summed E-state index contributed by atoms with van der Waals surface area (Å²) >= 11 is 0. The summed E-state index contributed by atoms with van der Waals surface area (Å²) in [4.78, 5) is 21.4. The van der Waals surface area contributed by atoms with Gasteiger partial charge in [0.15, 0.2) is 11.5 Å². The van der Waals surface area contributed by atoms with Crippen LogP contribution in [0.25, 0.3) is 5.65 Å². The fourth-order valence-corrected chi connectivity index (χ4v) is 2.58. The predicted molar refractivity (Wildman–Crippen MR) is 84.2 cm³/mol. The highest BCUT2D eigenvalue weighted by molar-refractivity contribution is 6.01. The fraction of sp³-hybridized carbons (Fsp3) is 0.400. The number of amides is 1. The highest BCUT2D eigenvalue weighted by atomic mass is 16.1. The quantitative estimate of drug-likeness (QED) is 0.764. The van der Waals surface area contributed by atoms with Crippen LogP contribution >= 0.6 is 0 Å². The van der Waals surface area contributed by atoms with Gasteiger partial charge in [-0.25, -0.2) is 14.5 Å². The van der Waals surface area contributed by atoms with E-state index in [9.17, 15) is 4.79 Å². The van der Waals surface area contributed by atoms with Crippen LogP contribution in [0, 0.1) is 27.7 Å². The normalized spacial score (nSPS) is 12.6. The maximum Gasteiger partial charge on any atom is 0.257 e. The number of fused-ring (bicyclic) bond motifs is 1. The Kier molecular flexibility index (Phi) is 3.59. The number of nitrogens with one attached hydrogen (secondary N) is 2. The van der Waals surface area contributed by atoms with Gasteiger partial charge in [-0.2, -0.15) is 10.2 Å². The maximum atomic E-state index is 12.7. The Labute approximate surface area is 133 Å². The molecule has 1 atom stereocenters. The third-order valence-corrected chi connectivity index (χ3v) is 3.65. The van der Waals surface area contributed by atoms with Crippen LogP contribution in [-0.4, -0.2) is 35.7 Å². The Hall–Kier alpha value is -2.77. The van der Waals surface area contributed by atoms with Crippen LogP contribution in [0.2, 0.25) is 0 Å². The lowest BCUT2D eigenvalue weighted by molar-refractivity contribution is 0.0939. The predicted octanol–water partition coefficient (Wildman–Crippen LogP) is 1.57. The number of carbonyl (C=O) groups excluding carboxylic acids is 1. The minimum Gasteiger partial charge on any atom is -0.342 e. The number of hydrogen-bond donors (Lipinski definition) is 2. The van der Waals surface area contributed by atoms with Gasteiger partial charge in [-0.05, 0) is 40.7 Å². The fourth-order valence-electron chi connectivity index (χ4n) is 2.58. The molecule has 3 rings (SSSR count). The van der Waals surface area contributed by atoms with Crippen LogP contribution in [-0.2, 0) is 0 Å². The summed E-state index contributed by atoms with van der Waals surface area (Å²) in [5, 5.41) is 14.2. The molecule has 0 saturated heterocycles. The molecule has 3 heterocycles. The molecule has 0 aliphatic carbocycles. The van der Waals surface area contributed by atoms with Crippen molar-refractivity contribution in [3.05, 3.63) is 40.4 Å². The topological polar surface area (TPSA) is 101 Å². The number of hydrogen-bond acceptors (Lipinski definition) is 5. The average Bonchev–Trinajstić information content (AvgIpc) is 3.02. The molecule has 0 saturated carbocycles. The first-order valence-electron chi connectivity index (χ1n) is 7.40. The molecule has 2 N–H and O–H groups in total. The van der Waals surface area contributed by atoms with Crippen molar-refractivity contribution < 1.29 is 4.79 Å². The van der Waals surface area contributed by atoms with Crippen molar-refractivity contribution in [3.8, 4) is 0 Å². The Bertz CT molecular complexity index is 893. The summed E-state index contributed by atoms with van der Waals surface area (Å²) in [5.41, 5.74) is 3.47. The summed E-state index contributed by atoms with van der Waals surface area (Å²) in [7, 11) is 0. The van der Waals surface area contributed by atoms with Crippen LogP contribution in [0.5, 0.6) is 0 Å². The van der Waals surface area contributed by atoms with Gasteiger partial charge in [0.1, 0.15) is 11.4 Å². The number of aromatic amines is 1. The molecule has 3 aromatic rings. The molecule has 0 unspecified atom stereocenters. The Morgan fingerprint density at radius 3 is 2.65 bits per heavy atom. The van der Waals surface area contributed by atoms with E-state index in [0.29, 0.717) is 28.6 Å². The van der Waals surface area contributed by atoms with Crippen LogP contribution < -0.4 is 5.32 Å². The summed E-state index contributed by atoms with van der Waals surface area (Å²) in [6.45, 7) is 9.30. The zero-order valence-corrected chi connectivity index (χ0v) is 13.8. The standard InChI is InChI=1S/C15H19N7O/c1-7-6-8(2)22-14(16-7)12(9(3)21-22)15(23)17-10(4)13-18-11(5)19-20-13/h6,10H,1-5H3,(H,17,23)(H,18,19,20)/t10-/m0/s1. The number of carbonyl (C=O) groups is 1. The van der Waals surface area contributed by atoms with Crippen LogP contribution in [0.4, 0.5) is 0 Å². The Balaban J connectivity index is 1.96. The SMILES string of the molecule is Cc1cc(C)n2nc(C)c(C(=O)N[C@@H](C)c3n[nH]c(C)n3)c2n1. The third-order valence-electron chi connectivity index (χ3n) is 3.65. The van der Waals surface area contributed by atoms with Gasteiger partial charge >= 0.3 is 0 Å². The minimum absolute atomic E-state index is 0.232. The molecule has 0 aliphatic rings. The van der Waals surface area contributed by atoms with Crippen molar-refractivity contribution in [3.63, 3.8) is 0 Å². The van der Waals surface area contributed by atoms with Gasteiger partial charge in [-0.1, -0.05) is 0 Å². The van der Waals surface area contributed by atoms with Crippen molar-refractivity contribution in [1.82, 2.24) is 35.1 Å². The molecular weight excluding hydrogens is 294 g/mol. The van der Waals surface area contributed by atoms with Crippen LogP contribution in [0.15, 0.2) is 6.07 Å². The molecule has 0 aliphatic heterocycles. The minimum atomic E-state index is -0.312. The largest absolute Gasteiger partial charge is 0.342 e. The zero-order valence-electron chi connectivity index (χ0n) is 13.8. The second kappa shape index (κ2) is 5.45. The number of H-pyrrole nitrogens is 1. The molecule has 0 aromatic carbocycles. The first kappa shape index (κ1) is 15.1. The summed E-state index contributed by atoms with van der Waals surface area (Å²) in [6.07, 6.45) is 0. The molecule has 0 spiro atoms. The van der Waals surface area contributed by atoms with Crippen LogP contribution in [0.3, 0.4) is 0 Å². The first-order valence-corrected chi connectivity index (χ1v) is 7.40. The molecule has 0 fully saturated rings. The molecule has 23 heavy (non-hydrogen) atoms. The van der Waals surface area contributed by atoms with Gasteiger partial charge in [0, 0.05) is 11.4 Å². The monoisotopic (exact) mass is 313 g/mol. The van der Waals surface area contributed by atoms with E-state index in [-0.39, 0.29) is 11.9 Å². The number of aryl methyl sites for hydroxylation is 4. The highest BCUT2D eigenvalue weighted by Crippen LogP contribution is 2.17. The molecular formula is C15H19N7O. The van der Waals surface area contributed by atoms with Gasteiger partial charge in [0.25, 0.3) is 5.91 Å². The molecule has 8 nitrogen and oxygen atoms in total. The lowest BCUT2D eigenvalue weighted by atomic mass is 10.2. The number of nitrogens with zero attached hydrogens (tertiary/aromatic N) is 5. The molecule has 1 amide bonds. The maximum absolute atomic E-state index is 12.7. The van der Waals surface area contributed by atoms with Crippen molar-refractivity contribution in [2.75, 3.05) is 0 Å². The molecule has 3 aromatic heterocycles. The molecule has 8 heteroatoms. The molecule has 0 radical (unpaired) electrons. The van der Waals surface area contributed by atoms with E-state index in [2.05, 4.69) is 30.6 Å². The lowest BCUT2D eigenvalue weighted by Crippen LogP contribution is -2.28. The van der Waals surface area contributed by atoms with E-state index >= 15 is 0 Å². The number of aromatic nitrogens is 6. The van der Waals surface area contributed by atoms with Crippen molar-refractivity contribution in [1.29, 1.82) is 0 Å². The van der Waals surface area contributed by atoms with Gasteiger partial charge in [0.05, 0.1) is 11.7 Å². The van der Waals surface area contributed by atoms with E-state index in [1.165, 1.54) is 0 Å². The third kappa shape index (κ3) is 2.67. The smallest absolute Gasteiger partial charge is 0.257 e. The van der Waals surface area contributed by atoms with E-state index in [4.69, 9.17) is 0 Å². The Morgan fingerprint density at radius 1 is 1.26 bits per heavy atom. The van der Waals surface area contributed by atoms with E-state index < -0.39 is 0 Å². The first-order chi connectivity index (χ1) is 10.9. The van der Waals surface area contributed by atoms with Crippen molar-refractivity contribution >= 4 is 11.6 Å². The van der Waals surface area contributed by atoms with Gasteiger partial charge < -0.3 is 5.32 Å². The van der Waals surface area contributed by atoms with Crippen LogP contribution in [0.1, 0.15) is 52.1 Å². The van der Waals surface area contributed by atoms with E-state index in [1.807, 2.05) is 33.8 Å². The molecule has 0 bridgehead atoms. The van der Waals surface area contributed by atoms with Crippen molar-refractivity contribution in [2.45, 2.75) is 40.7 Å². The second-order valence-electron chi connectivity index (χ2n) is 5.71. The number of rotatable bonds is 3. The summed E-state index contributed by atoms with van der Waals surface area (Å²) in [6, 6.07) is 1.62. The second-order valence-corrected chi connectivity index (χ2v) is 5.71. The zero-order chi connectivity index (χ0) is 16.7. The molecule has 120 valence electrons. The average molecular weight is 313 g/mol.